The Hall–Kier alpha value is -0.790. The molecule has 0 aliphatic carbocycles. The Morgan fingerprint density at radius 3 is 1.84 bits per heavy atom. The third kappa shape index (κ3) is 8.85. The van der Waals surface area contributed by atoms with Crippen LogP contribution in [0.15, 0.2) is 18.3 Å². The SMILES string of the molecule is CCCCCCCCCCCCn1cccc1C.F. The standard InChI is InChI=1S/C17H31N.FH/c1-3-4-5-6-7-8-9-10-11-12-15-18-16-13-14-17(18)2;/h13-14,16H,3-12,15H2,1-2H3;1H. The third-order valence-electron chi connectivity index (χ3n) is 3.81. The Morgan fingerprint density at radius 2 is 1.37 bits per heavy atom. The van der Waals surface area contributed by atoms with Gasteiger partial charge in [0.15, 0.2) is 0 Å². The molecule has 0 radical (unpaired) electrons. The monoisotopic (exact) mass is 269 g/mol. The van der Waals surface area contributed by atoms with E-state index in [0.29, 0.717) is 0 Å². The summed E-state index contributed by atoms with van der Waals surface area (Å²) in [6.07, 6.45) is 16.4. The first-order valence-corrected chi connectivity index (χ1v) is 7.96. The number of aryl methyl sites for hydroxylation is 2. The van der Waals surface area contributed by atoms with Crippen molar-refractivity contribution in [3.8, 4) is 0 Å². The molecule has 0 atom stereocenters. The van der Waals surface area contributed by atoms with Crippen LogP contribution in [-0.2, 0) is 6.54 Å². The molecule has 0 fully saturated rings. The summed E-state index contributed by atoms with van der Waals surface area (Å²) < 4.78 is 2.37. The van der Waals surface area contributed by atoms with Gasteiger partial charge >= 0.3 is 0 Å². The van der Waals surface area contributed by atoms with Gasteiger partial charge in [0.1, 0.15) is 0 Å². The van der Waals surface area contributed by atoms with E-state index < -0.39 is 0 Å². The Labute approximate surface area is 118 Å². The lowest BCUT2D eigenvalue weighted by atomic mass is 10.1. The van der Waals surface area contributed by atoms with Gasteiger partial charge in [0, 0.05) is 18.4 Å². The van der Waals surface area contributed by atoms with Crippen molar-refractivity contribution in [2.75, 3.05) is 0 Å². The van der Waals surface area contributed by atoms with Gasteiger partial charge in [-0.2, -0.15) is 0 Å². The summed E-state index contributed by atoms with van der Waals surface area (Å²) in [5.41, 5.74) is 1.39. The van der Waals surface area contributed by atoms with E-state index >= 15 is 0 Å². The summed E-state index contributed by atoms with van der Waals surface area (Å²) in [5.74, 6) is 0. The highest BCUT2D eigenvalue weighted by molar-refractivity contribution is 5.03. The number of unbranched alkanes of at least 4 members (excludes halogenated alkanes) is 9. The smallest absolute Gasteiger partial charge is 0.0222 e. The van der Waals surface area contributed by atoms with Gasteiger partial charge in [0.05, 0.1) is 0 Å². The second kappa shape index (κ2) is 12.3. The largest absolute Gasteiger partial charge is 0.352 e. The summed E-state index contributed by atoms with van der Waals surface area (Å²) >= 11 is 0. The normalized spacial score (nSPS) is 10.4. The van der Waals surface area contributed by atoms with E-state index in [1.807, 2.05) is 0 Å². The first-order valence-electron chi connectivity index (χ1n) is 7.96. The van der Waals surface area contributed by atoms with Crippen molar-refractivity contribution in [3.63, 3.8) is 0 Å². The zero-order chi connectivity index (χ0) is 13.1. The Balaban J connectivity index is 0.00000324. The molecule has 1 aromatic heterocycles. The number of rotatable bonds is 11. The molecule has 112 valence electrons. The third-order valence-corrected chi connectivity index (χ3v) is 3.81. The minimum Gasteiger partial charge on any atom is -0.352 e. The summed E-state index contributed by atoms with van der Waals surface area (Å²) in [6.45, 7) is 5.68. The molecular weight excluding hydrogens is 237 g/mol. The minimum absolute atomic E-state index is 0. The first kappa shape index (κ1) is 18.2. The quantitative estimate of drug-likeness (QED) is 0.443. The number of hydrogen-bond donors (Lipinski definition) is 0. The fourth-order valence-electron chi connectivity index (χ4n) is 2.52. The molecule has 0 aliphatic rings. The first-order chi connectivity index (χ1) is 8.84. The topological polar surface area (TPSA) is 4.93 Å². The number of hydrogen-bond acceptors (Lipinski definition) is 0. The van der Waals surface area contributed by atoms with Crippen LogP contribution in [0.25, 0.3) is 0 Å². The fourth-order valence-corrected chi connectivity index (χ4v) is 2.52. The summed E-state index contributed by atoms with van der Waals surface area (Å²) in [5, 5.41) is 0. The fraction of sp³-hybridized carbons (Fsp3) is 0.765. The van der Waals surface area contributed by atoms with Crippen LogP contribution in [0.4, 0.5) is 4.70 Å². The molecule has 0 N–H and O–H groups in total. The molecule has 0 aromatic carbocycles. The van der Waals surface area contributed by atoms with Gasteiger partial charge < -0.3 is 4.57 Å². The van der Waals surface area contributed by atoms with Crippen LogP contribution < -0.4 is 0 Å². The Morgan fingerprint density at radius 1 is 0.842 bits per heavy atom. The lowest BCUT2D eigenvalue weighted by Crippen LogP contribution is -1.97. The van der Waals surface area contributed by atoms with Gasteiger partial charge in [0.25, 0.3) is 0 Å². The Bertz CT molecular complexity index is 293. The van der Waals surface area contributed by atoms with Gasteiger partial charge in [-0.15, -0.1) is 0 Å². The van der Waals surface area contributed by atoms with Crippen LogP contribution in [0.3, 0.4) is 0 Å². The number of aromatic nitrogens is 1. The highest BCUT2D eigenvalue weighted by Gasteiger charge is 1.95. The molecule has 1 rings (SSSR count). The van der Waals surface area contributed by atoms with Crippen molar-refractivity contribution in [1.29, 1.82) is 0 Å². The highest BCUT2D eigenvalue weighted by Crippen LogP contribution is 2.11. The van der Waals surface area contributed by atoms with E-state index in [0.717, 1.165) is 0 Å². The molecule has 2 heteroatoms. The summed E-state index contributed by atoms with van der Waals surface area (Å²) in [6, 6.07) is 4.34. The van der Waals surface area contributed by atoms with Crippen LogP contribution in [0.5, 0.6) is 0 Å². The highest BCUT2D eigenvalue weighted by atomic mass is 19.0. The van der Waals surface area contributed by atoms with Crippen molar-refractivity contribution >= 4 is 0 Å². The van der Waals surface area contributed by atoms with Crippen molar-refractivity contribution in [2.24, 2.45) is 0 Å². The van der Waals surface area contributed by atoms with E-state index in [1.165, 1.54) is 76.4 Å². The van der Waals surface area contributed by atoms with Crippen LogP contribution in [0.1, 0.15) is 76.8 Å². The van der Waals surface area contributed by atoms with Gasteiger partial charge in [-0.1, -0.05) is 64.7 Å². The van der Waals surface area contributed by atoms with Crippen LogP contribution >= 0.6 is 0 Å². The maximum absolute atomic E-state index is 2.37. The molecule has 1 nitrogen and oxygen atoms in total. The van der Waals surface area contributed by atoms with Crippen LogP contribution in [0, 0.1) is 6.92 Å². The zero-order valence-corrected chi connectivity index (χ0v) is 12.9. The van der Waals surface area contributed by atoms with Crippen molar-refractivity contribution in [1.82, 2.24) is 4.57 Å². The molecule has 0 aliphatic heterocycles. The lowest BCUT2D eigenvalue weighted by Gasteiger charge is -2.06. The molecule has 0 bridgehead atoms. The predicted octanol–water partition coefficient (Wildman–Crippen LogP) is 5.87. The molecule has 0 spiro atoms. The maximum Gasteiger partial charge on any atom is 0.0222 e. The average molecular weight is 269 g/mol. The van der Waals surface area contributed by atoms with Crippen LogP contribution in [-0.4, -0.2) is 4.57 Å². The van der Waals surface area contributed by atoms with Gasteiger partial charge in [-0.25, -0.2) is 0 Å². The second-order valence-electron chi connectivity index (χ2n) is 5.52. The van der Waals surface area contributed by atoms with Gasteiger partial charge in [0.2, 0.25) is 0 Å². The van der Waals surface area contributed by atoms with E-state index in [4.69, 9.17) is 0 Å². The molecule has 0 saturated heterocycles. The van der Waals surface area contributed by atoms with Crippen molar-refractivity contribution in [2.45, 2.75) is 84.6 Å². The number of halogens is 1. The molecule has 19 heavy (non-hydrogen) atoms. The van der Waals surface area contributed by atoms with E-state index in [-0.39, 0.29) is 4.70 Å². The van der Waals surface area contributed by atoms with Crippen molar-refractivity contribution < 1.29 is 4.70 Å². The molecule has 1 heterocycles. The average Bonchev–Trinajstić information content (AvgIpc) is 2.77. The minimum atomic E-state index is 0. The second-order valence-corrected chi connectivity index (χ2v) is 5.52. The lowest BCUT2D eigenvalue weighted by molar-refractivity contribution is 0.532. The summed E-state index contributed by atoms with van der Waals surface area (Å²) in [7, 11) is 0. The predicted molar refractivity (Wildman–Crippen MR) is 83.5 cm³/mol. The molecular formula is C17H32FN. The van der Waals surface area contributed by atoms with E-state index in [9.17, 15) is 0 Å². The molecule has 1 aromatic rings. The Kier molecular flexibility index (Phi) is 11.7. The van der Waals surface area contributed by atoms with E-state index in [1.54, 1.807) is 0 Å². The molecule has 0 amide bonds. The number of nitrogens with zero attached hydrogens (tertiary/aromatic N) is 1. The van der Waals surface area contributed by atoms with Gasteiger partial charge in [-0.3, -0.25) is 4.70 Å². The van der Waals surface area contributed by atoms with E-state index in [2.05, 4.69) is 36.7 Å². The summed E-state index contributed by atoms with van der Waals surface area (Å²) in [4.78, 5) is 0. The maximum atomic E-state index is 2.37. The van der Waals surface area contributed by atoms with Gasteiger partial charge in [-0.05, 0) is 25.5 Å². The molecule has 0 unspecified atom stereocenters. The van der Waals surface area contributed by atoms with Crippen molar-refractivity contribution in [3.05, 3.63) is 24.0 Å². The molecule has 0 saturated carbocycles. The van der Waals surface area contributed by atoms with Crippen LogP contribution in [0.2, 0.25) is 0 Å². The zero-order valence-electron chi connectivity index (χ0n) is 12.9.